The molecule has 0 aliphatic rings. The zero-order chi connectivity index (χ0) is 21.0. The Labute approximate surface area is 176 Å². The van der Waals surface area contributed by atoms with Crippen LogP contribution in [0.3, 0.4) is 0 Å². The van der Waals surface area contributed by atoms with E-state index in [2.05, 4.69) is 31.2 Å². The SMILES string of the molecule is CCOC(=O)c1nn(-c2ccccc2)c(-c2ccc(Cl)cc2)c1CNC(C)(C)C. The van der Waals surface area contributed by atoms with Crippen molar-refractivity contribution in [2.45, 2.75) is 39.8 Å². The fraction of sp³-hybridized carbons (Fsp3) is 0.304. The summed E-state index contributed by atoms with van der Waals surface area (Å²) in [6, 6.07) is 17.3. The molecular formula is C23H26ClN3O2. The van der Waals surface area contributed by atoms with Crippen molar-refractivity contribution in [2.75, 3.05) is 6.61 Å². The highest BCUT2D eigenvalue weighted by Crippen LogP contribution is 2.31. The standard InChI is InChI=1S/C23H26ClN3O2/c1-5-29-22(28)20-19(15-25-23(2,3)4)21(16-11-13-17(24)14-12-16)27(26-20)18-9-7-6-8-10-18/h6-14,25H,5,15H2,1-4H3. The number of nitrogens with zero attached hydrogens (tertiary/aromatic N) is 2. The molecule has 2 aromatic carbocycles. The quantitative estimate of drug-likeness (QED) is 0.562. The smallest absolute Gasteiger partial charge is 0.359 e. The molecule has 0 unspecified atom stereocenters. The third-order valence-electron chi connectivity index (χ3n) is 4.37. The number of halogens is 1. The zero-order valence-electron chi connectivity index (χ0n) is 17.2. The lowest BCUT2D eigenvalue weighted by molar-refractivity contribution is 0.0517. The molecule has 152 valence electrons. The molecule has 3 rings (SSSR count). The van der Waals surface area contributed by atoms with Gasteiger partial charge in [0.05, 0.1) is 18.0 Å². The molecule has 0 saturated heterocycles. The summed E-state index contributed by atoms with van der Waals surface area (Å²) in [4.78, 5) is 12.7. The zero-order valence-corrected chi connectivity index (χ0v) is 18.0. The minimum atomic E-state index is -0.428. The van der Waals surface area contributed by atoms with Gasteiger partial charge in [0.2, 0.25) is 0 Å². The first-order chi connectivity index (χ1) is 13.8. The molecular weight excluding hydrogens is 386 g/mol. The maximum Gasteiger partial charge on any atom is 0.359 e. The van der Waals surface area contributed by atoms with Crippen LogP contribution in [-0.2, 0) is 11.3 Å². The second kappa shape index (κ2) is 8.80. The molecule has 0 aliphatic carbocycles. The largest absolute Gasteiger partial charge is 0.461 e. The van der Waals surface area contributed by atoms with Crippen LogP contribution in [0.5, 0.6) is 0 Å². The van der Waals surface area contributed by atoms with Gasteiger partial charge in [-0.2, -0.15) is 5.10 Å². The van der Waals surface area contributed by atoms with E-state index in [1.165, 1.54) is 0 Å². The van der Waals surface area contributed by atoms with Crippen molar-refractivity contribution < 1.29 is 9.53 Å². The molecule has 6 heteroatoms. The Kier molecular flexibility index (Phi) is 6.40. The van der Waals surface area contributed by atoms with Crippen LogP contribution < -0.4 is 5.32 Å². The van der Waals surface area contributed by atoms with E-state index in [4.69, 9.17) is 16.3 Å². The predicted octanol–water partition coefficient (Wildman–Crippen LogP) is 5.26. The molecule has 0 radical (unpaired) electrons. The highest BCUT2D eigenvalue weighted by molar-refractivity contribution is 6.30. The number of carbonyl (C=O) groups is 1. The van der Waals surface area contributed by atoms with Gasteiger partial charge in [-0.3, -0.25) is 0 Å². The monoisotopic (exact) mass is 411 g/mol. The number of carbonyl (C=O) groups excluding carboxylic acids is 1. The van der Waals surface area contributed by atoms with Crippen molar-refractivity contribution >= 4 is 17.6 Å². The van der Waals surface area contributed by atoms with Gasteiger partial charge in [0.25, 0.3) is 0 Å². The molecule has 0 saturated carbocycles. The van der Waals surface area contributed by atoms with Gasteiger partial charge < -0.3 is 10.1 Å². The van der Waals surface area contributed by atoms with E-state index in [9.17, 15) is 4.79 Å². The number of aromatic nitrogens is 2. The van der Waals surface area contributed by atoms with Crippen LogP contribution >= 0.6 is 11.6 Å². The van der Waals surface area contributed by atoms with Gasteiger partial charge in [-0.25, -0.2) is 9.48 Å². The molecule has 0 bridgehead atoms. The third-order valence-corrected chi connectivity index (χ3v) is 4.62. The fourth-order valence-electron chi connectivity index (χ4n) is 3.00. The van der Waals surface area contributed by atoms with E-state index in [1.807, 2.05) is 54.6 Å². The Morgan fingerprint density at radius 1 is 1.10 bits per heavy atom. The van der Waals surface area contributed by atoms with Gasteiger partial charge >= 0.3 is 5.97 Å². The molecule has 0 fully saturated rings. The normalized spacial score (nSPS) is 11.5. The molecule has 1 heterocycles. The first kappa shape index (κ1) is 21.1. The maximum atomic E-state index is 12.7. The number of rotatable bonds is 6. The highest BCUT2D eigenvalue weighted by Gasteiger charge is 2.26. The minimum absolute atomic E-state index is 0.127. The van der Waals surface area contributed by atoms with Crippen LogP contribution in [0.4, 0.5) is 0 Å². The van der Waals surface area contributed by atoms with Crippen LogP contribution in [0.2, 0.25) is 5.02 Å². The molecule has 1 N–H and O–H groups in total. The topological polar surface area (TPSA) is 56.1 Å². The number of hydrogen-bond acceptors (Lipinski definition) is 4. The summed E-state index contributed by atoms with van der Waals surface area (Å²) >= 11 is 6.10. The molecule has 0 aliphatic heterocycles. The number of para-hydroxylation sites is 1. The van der Waals surface area contributed by atoms with Crippen molar-refractivity contribution in [1.82, 2.24) is 15.1 Å². The summed E-state index contributed by atoms with van der Waals surface area (Å²) in [5.41, 5.74) is 3.62. The maximum absolute atomic E-state index is 12.7. The summed E-state index contributed by atoms with van der Waals surface area (Å²) < 4.78 is 7.10. The number of ether oxygens (including phenoxy) is 1. The summed E-state index contributed by atoms with van der Waals surface area (Å²) in [6.45, 7) is 8.81. The second-order valence-electron chi connectivity index (χ2n) is 7.75. The van der Waals surface area contributed by atoms with Gasteiger partial charge in [-0.1, -0.05) is 41.9 Å². The van der Waals surface area contributed by atoms with Gasteiger partial charge in [0.15, 0.2) is 5.69 Å². The van der Waals surface area contributed by atoms with Crippen molar-refractivity contribution in [3.63, 3.8) is 0 Å². The Hall–Kier alpha value is -2.63. The number of benzene rings is 2. The second-order valence-corrected chi connectivity index (χ2v) is 8.19. The fourth-order valence-corrected chi connectivity index (χ4v) is 3.12. The van der Waals surface area contributed by atoms with Crippen molar-refractivity contribution in [2.24, 2.45) is 0 Å². The van der Waals surface area contributed by atoms with E-state index in [-0.39, 0.29) is 5.54 Å². The molecule has 5 nitrogen and oxygen atoms in total. The van der Waals surface area contributed by atoms with Crippen molar-refractivity contribution in [1.29, 1.82) is 0 Å². The molecule has 0 amide bonds. The lowest BCUT2D eigenvalue weighted by Gasteiger charge is -2.21. The molecule has 0 atom stereocenters. The highest BCUT2D eigenvalue weighted by atomic mass is 35.5. The van der Waals surface area contributed by atoms with E-state index >= 15 is 0 Å². The Morgan fingerprint density at radius 2 is 1.76 bits per heavy atom. The van der Waals surface area contributed by atoms with Gasteiger partial charge in [0, 0.05) is 28.2 Å². The molecule has 29 heavy (non-hydrogen) atoms. The summed E-state index contributed by atoms with van der Waals surface area (Å²) in [5, 5.41) is 8.79. The van der Waals surface area contributed by atoms with E-state index in [1.54, 1.807) is 11.6 Å². The van der Waals surface area contributed by atoms with Crippen LogP contribution in [-0.4, -0.2) is 27.9 Å². The Balaban J connectivity index is 2.24. The average Bonchev–Trinajstić information content (AvgIpc) is 3.07. The number of esters is 1. The van der Waals surface area contributed by atoms with Crippen LogP contribution in [0.15, 0.2) is 54.6 Å². The Morgan fingerprint density at radius 3 is 2.34 bits per heavy atom. The van der Waals surface area contributed by atoms with Crippen molar-refractivity contribution in [3.05, 3.63) is 70.9 Å². The van der Waals surface area contributed by atoms with Crippen molar-refractivity contribution in [3.8, 4) is 16.9 Å². The first-order valence-electron chi connectivity index (χ1n) is 9.65. The number of nitrogens with one attached hydrogen (secondary N) is 1. The molecule has 1 aromatic heterocycles. The minimum Gasteiger partial charge on any atom is -0.461 e. The van der Waals surface area contributed by atoms with Crippen LogP contribution in [0.1, 0.15) is 43.7 Å². The third kappa shape index (κ3) is 5.05. The summed E-state index contributed by atoms with van der Waals surface area (Å²) in [6.07, 6.45) is 0. The Bertz CT molecular complexity index is 974. The summed E-state index contributed by atoms with van der Waals surface area (Å²) in [7, 11) is 0. The van der Waals surface area contributed by atoms with E-state index in [0.29, 0.717) is 23.9 Å². The van der Waals surface area contributed by atoms with Gasteiger partial charge in [-0.05, 0) is 52.0 Å². The van der Waals surface area contributed by atoms with Crippen LogP contribution in [0, 0.1) is 0 Å². The predicted molar refractivity (Wildman–Crippen MR) is 117 cm³/mol. The first-order valence-corrected chi connectivity index (χ1v) is 10.0. The average molecular weight is 412 g/mol. The lowest BCUT2D eigenvalue weighted by Crippen LogP contribution is -2.35. The lowest BCUT2D eigenvalue weighted by atomic mass is 10.0. The molecule has 3 aromatic rings. The van der Waals surface area contributed by atoms with E-state index < -0.39 is 5.97 Å². The van der Waals surface area contributed by atoms with Crippen LogP contribution in [0.25, 0.3) is 16.9 Å². The number of hydrogen-bond donors (Lipinski definition) is 1. The van der Waals surface area contributed by atoms with Gasteiger partial charge in [0.1, 0.15) is 0 Å². The summed E-state index contributed by atoms with van der Waals surface area (Å²) in [5.74, 6) is -0.428. The molecule has 0 spiro atoms. The van der Waals surface area contributed by atoms with E-state index in [0.717, 1.165) is 22.5 Å². The van der Waals surface area contributed by atoms with Gasteiger partial charge in [-0.15, -0.1) is 0 Å².